The smallest absolute Gasteiger partial charge is 0.323 e. The van der Waals surface area contributed by atoms with Gasteiger partial charge in [-0.1, -0.05) is 6.58 Å². The van der Waals surface area contributed by atoms with Crippen molar-refractivity contribution in [3.8, 4) is 0 Å². The summed E-state index contributed by atoms with van der Waals surface area (Å²) in [6.07, 6.45) is 0. The van der Waals surface area contributed by atoms with Gasteiger partial charge >= 0.3 is 23.9 Å². The molecule has 0 aromatic heterocycles. The van der Waals surface area contributed by atoms with E-state index in [2.05, 4.69) is 6.58 Å². The van der Waals surface area contributed by atoms with Crippen LogP contribution in [-0.4, -0.2) is 92.7 Å². The average molecular weight is 332 g/mol. The second-order valence-electron chi connectivity index (χ2n) is 4.48. The van der Waals surface area contributed by atoms with Gasteiger partial charge in [-0.2, -0.15) is 0 Å². The van der Waals surface area contributed by atoms with Gasteiger partial charge in [0, 0.05) is 12.1 Å². The monoisotopic (exact) mass is 332 g/mol. The second-order valence-corrected chi connectivity index (χ2v) is 4.48. The molecule has 0 unspecified atom stereocenters. The van der Waals surface area contributed by atoms with E-state index in [9.17, 15) is 24.0 Å². The molecule has 0 fully saturated rings. The highest BCUT2D eigenvalue weighted by Gasteiger charge is 2.24. The number of hydrogen-bond donors (Lipinski definition) is 4. The van der Waals surface area contributed by atoms with Gasteiger partial charge in [-0.25, -0.2) is 0 Å². The van der Waals surface area contributed by atoms with Crippen LogP contribution < -0.4 is 0 Å². The Morgan fingerprint density at radius 2 is 1.00 bits per heavy atom. The lowest BCUT2D eigenvalue weighted by atomic mass is 10.2. The van der Waals surface area contributed by atoms with Crippen molar-refractivity contribution in [2.45, 2.75) is 0 Å². The quantitative estimate of drug-likeness (QED) is 0.310. The van der Waals surface area contributed by atoms with E-state index in [-0.39, 0.29) is 5.57 Å². The zero-order valence-corrected chi connectivity index (χ0v) is 12.0. The zero-order valence-electron chi connectivity index (χ0n) is 12.0. The molecule has 0 saturated heterocycles. The molecule has 0 aromatic carbocycles. The fourth-order valence-electron chi connectivity index (χ4n) is 1.64. The zero-order chi connectivity index (χ0) is 18.2. The van der Waals surface area contributed by atoms with Gasteiger partial charge in [0.2, 0.25) is 0 Å². The number of rotatable bonds is 11. The summed E-state index contributed by atoms with van der Waals surface area (Å²) in [6, 6.07) is 0. The minimum absolute atomic E-state index is 0.324. The van der Waals surface area contributed by atoms with Gasteiger partial charge in [0.05, 0.1) is 13.1 Å². The summed E-state index contributed by atoms with van der Waals surface area (Å²) < 4.78 is 0. The molecule has 0 heterocycles. The van der Waals surface area contributed by atoms with Gasteiger partial charge in [0.25, 0.3) is 5.91 Å². The number of amides is 1. The topological polar surface area (TPSA) is 173 Å². The average Bonchev–Trinajstić information content (AvgIpc) is 2.33. The molecule has 0 atom stereocenters. The predicted octanol–water partition coefficient (Wildman–Crippen LogP) is -1.99. The molecule has 128 valence electrons. The highest BCUT2D eigenvalue weighted by atomic mass is 16.4. The molecule has 0 aliphatic heterocycles. The minimum Gasteiger partial charge on any atom is -0.480 e. The Bertz CT molecular complexity index is 497. The first-order valence-corrected chi connectivity index (χ1v) is 6.09. The maximum Gasteiger partial charge on any atom is 0.323 e. The van der Waals surface area contributed by atoms with E-state index in [1.807, 2.05) is 0 Å². The van der Waals surface area contributed by atoms with Crippen LogP contribution in [0.5, 0.6) is 0 Å². The fourth-order valence-corrected chi connectivity index (χ4v) is 1.64. The summed E-state index contributed by atoms with van der Waals surface area (Å²) in [6.45, 7) is -0.267. The number of carboxylic acids is 4. The van der Waals surface area contributed by atoms with Gasteiger partial charge in [-0.3, -0.25) is 28.9 Å². The van der Waals surface area contributed by atoms with Crippen LogP contribution in [0.2, 0.25) is 0 Å². The van der Waals surface area contributed by atoms with Crippen molar-refractivity contribution in [3.05, 3.63) is 12.2 Å². The molecule has 0 aromatic rings. The Morgan fingerprint density at radius 1 is 0.652 bits per heavy atom. The lowest BCUT2D eigenvalue weighted by Gasteiger charge is -2.23. The van der Waals surface area contributed by atoms with Gasteiger partial charge in [-0.05, 0) is 0 Å². The number of nitrogens with zero attached hydrogens (tertiary/aromatic N) is 2. The molecular formula is C12H16N2O9. The lowest BCUT2D eigenvalue weighted by molar-refractivity contribution is -0.147. The Morgan fingerprint density at radius 3 is 1.30 bits per heavy atom. The molecule has 0 saturated carbocycles. The van der Waals surface area contributed by atoms with Crippen molar-refractivity contribution < 1.29 is 44.4 Å². The van der Waals surface area contributed by atoms with Crippen LogP contribution >= 0.6 is 0 Å². The standard InChI is InChI=1S/C12H16N2O9/c1-7(2-13(3-8(15)16)4-9(17)18)12(23)14(5-10(19)20)6-11(21)22/h1-6H2,(H,15,16)(H,17,18)(H,19,20)(H,21,22). The number of carbonyl (C=O) groups is 5. The Balaban J connectivity index is 5.00. The molecule has 11 nitrogen and oxygen atoms in total. The predicted molar refractivity (Wildman–Crippen MR) is 72.7 cm³/mol. The molecule has 0 radical (unpaired) electrons. The minimum atomic E-state index is -1.44. The molecule has 0 rings (SSSR count). The molecule has 23 heavy (non-hydrogen) atoms. The van der Waals surface area contributed by atoms with Crippen LogP contribution in [0.3, 0.4) is 0 Å². The normalized spacial score (nSPS) is 10.1. The van der Waals surface area contributed by atoms with Crippen LogP contribution in [0.1, 0.15) is 0 Å². The first kappa shape index (κ1) is 20.1. The summed E-state index contributed by atoms with van der Waals surface area (Å²) in [7, 11) is 0. The Kier molecular flexibility index (Phi) is 7.97. The third kappa shape index (κ3) is 8.83. The summed E-state index contributed by atoms with van der Waals surface area (Å²) in [5.41, 5.74) is -0.324. The summed E-state index contributed by atoms with van der Waals surface area (Å²) in [5.74, 6) is -6.57. The first-order valence-electron chi connectivity index (χ1n) is 6.09. The van der Waals surface area contributed by atoms with Crippen molar-refractivity contribution in [2.24, 2.45) is 0 Å². The molecule has 11 heteroatoms. The van der Waals surface area contributed by atoms with E-state index >= 15 is 0 Å². The van der Waals surface area contributed by atoms with Crippen molar-refractivity contribution in [2.75, 3.05) is 32.7 Å². The fraction of sp³-hybridized carbons (Fsp3) is 0.417. The number of hydrogen-bond acceptors (Lipinski definition) is 6. The second kappa shape index (κ2) is 9.15. The van der Waals surface area contributed by atoms with Crippen molar-refractivity contribution in [1.29, 1.82) is 0 Å². The van der Waals surface area contributed by atoms with E-state index in [1.165, 1.54) is 0 Å². The largest absolute Gasteiger partial charge is 0.480 e. The van der Waals surface area contributed by atoms with Gasteiger partial charge < -0.3 is 25.3 Å². The van der Waals surface area contributed by atoms with Crippen LogP contribution in [-0.2, 0) is 24.0 Å². The first-order chi connectivity index (χ1) is 10.5. The number of carboxylic acid groups (broad SMARTS) is 4. The molecule has 0 aliphatic carbocycles. The van der Waals surface area contributed by atoms with Crippen molar-refractivity contribution in [1.82, 2.24) is 9.80 Å². The SMILES string of the molecule is C=C(CN(CC(=O)O)CC(=O)O)C(=O)N(CC(=O)O)CC(=O)O. The number of aliphatic carboxylic acids is 4. The molecule has 4 N–H and O–H groups in total. The maximum absolute atomic E-state index is 12.0. The van der Waals surface area contributed by atoms with E-state index < -0.39 is 62.5 Å². The third-order valence-corrected chi connectivity index (χ3v) is 2.37. The summed E-state index contributed by atoms with van der Waals surface area (Å²) >= 11 is 0. The van der Waals surface area contributed by atoms with E-state index in [0.29, 0.717) is 4.90 Å². The van der Waals surface area contributed by atoms with Crippen LogP contribution in [0, 0.1) is 0 Å². The van der Waals surface area contributed by atoms with Gasteiger partial charge in [0.15, 0.2) is 0 Å². The molecular weight excluding hydrogens is 316 g/mol. The van der Waals surface area contributed by atoms with E-state index in [4.69, 9.17) is 20.4 Å². The number of carbonyl (C=O) groups excluding carboxylic acids is 1. The highest BCUT2D eigenvalue weighted by molar-refractivity contribution is 5.96. The lowest BCUT2D eigenvalue weighted by Crippen LogP contribution is -2.43. The highest BCUT2D eigenvalue weighted by Crippen LogP contribution is 2.04. The van der Waals surface area contributed by atoms with Crippen molar-refractivity contribution in [3.63, 3.8) is 0 Å². The van der Waals surface area contributed by atoms with E-state index in [0.717, 1.165) is 4.90 Å². The summed E-state index contributed by atoms with van der Waals surface area (Å²) in [4.78, 5) is 56.0. The third-order valence-electron chi connectivity index (χ3n) is 2.37. The van der Waals surface area contributed by atoms with E-state index in [1.54, 1.807) is 0 Å². The van der Waals surface area contributed by atoms with Crippen molar-refractivity contribution >= 4 is 29.8 Å². The van der Waals surface area contributed by atoms with Crippen LogP contribution in [0.4, 0.5) is 0 Å². The molecule has 1 amide bonds. The molecule has 0 bridgehead atoms. The van der Waals surface area contributed by atoms with Gasteiger partial charge in [-0.15, -0.1) is 0 Å². The van der Waals surface area contributed by atoms with Crippen LogP contribution in [0.15, 0.2) is 12.2 Å². The van der Waals surface area contributed by atoms with Gasteiger partial charge in [0.1, 0.15) is 13.1 Å². The van der Waals surface area contributed by atoms with Crippen LogP contribution in [0.25, 0.3) is 0 Å². The summed E-state index contributed by atoms with van der Waals surface area (Å²) in [5, 5.41) is 34.7. The maximum atomic E-state index is 12.0. The molecule has 0 aliphatic rings. The Labute approximate surface area is 130 Å². The Hall–Kier alpha value is -2.95. The molecule has 0 spiro atoms.